The van der Waals surface area contributed by atoms with Crippen LogP contribution in [0, 0.1) is 0 Å². The predicted octanol–water partition coefficient (Wildman–Crippen LogP) is 2.62. The second-order valence-electron chi connectivity index (χ2n) is 10.1. The van der Waals surface area contributed by atoms with Gasteiger partial charge in [-0.05, 0) is 19.8 Å². The van der Waals surface area contributed by atoms with Gasteiger partial charge in [-0.3, -0.25) is 4.90 Å². The Morgan fingerprint density at radius 3 is 2.20 bits per heavy atom. The summed E-state index contributed by atoms with van der Waals surface area (Å²) in [6, 6.07) is 19.2. The third-order valence-corrected chi connectivity index (χ3v) is 7.66. The number of hydrogen-bond donors (Lipinski definition) is 2. The number of nitrogens with one attached hydrogen (secondary N) is 1. The van der Waals surface area contributed by atoms with Gasteiger partial charge in [0, 0.05) is 56.9 Å². The van der Waals surface area contributed by atoms with Crippen LogP contribution in [0.1, 0.15) is 30.9 Å². The van der Waals surface area contributed by atoms with E-state index in [0.717, 1.165) is 43.6 Å². The number of likely N-dealkylation sites (tertiary alicyclic amines) is 1. The summed E-state index contributed by atoms with van der Waals surface area (Å²) in [6.45, 7) is 6.12. The molecule has 0 aromatic heterocycles. The number of piperazine rings is 1. The molecule has 35 heavy (non-hydrogen) atoms. The monoisotopic (exact) mass is 478 g/mol. The summed E-state index contributed by atoms with van der Waals surface area (Å²) in [7, 11) is 0. The van der Waals surface area contributed by atoms with Gasteiger partial charge in [0.25, 0.3) is 0 Å². The maximum absolute atomic E-state index is 13.1. The maximum Gasteiger partial charge on any atom is 0.411 e. The molecule has 1 unspecified atom stereocenters. The van der Waals surface area contributed by atoms with Gasteiger partial charge < -0.3 is 25.0 Å². The largest absolute Gasteiger partial charge is 0.431 e. The molecule has 3 fully saturated rings. The molecule has 2 aromatic rings. The number of rotatable bonds is 5. The van der Waals surface area contributed by atoms with Gasteiger partial charge in [-0.15, -0.1) is 0 Å². The lowest BCUT2D eigenvalue weighted by Crippen LogP contribution is -2.60. The van der Waals surface area contributed by atoms with Crippen LogP contribution in [-0.2, 0) is 10.3 Å². The van der Waals surface area contributed by atoms with Crippen LogP contribution in [0.25, 0.3) is 0 Å². The first-order valence-electron chi connectivity index (χ1n) is 12.5. The molecule has 186 valence electrons. The van der Waals surface area contributed by atoms with E-state index in [1.54, 1.807) is 9.80 Å². The summed E-state index contributed by atoms with van der Waals surface area (Å²) in [5.41, 5.74) is 0.235. The van der Waals surface area contributed by atoms with Crippen molar-refractivity contribution >= 4 is 12.1 Å². The first-order chi connectivity index (χ1) is 16.9. The molecular formula is C27H34N4O4. The number of carbonyl (C=O) groups excluding carboxylic acids is 2. The van der Waals surface area contributed by atoms with E-state index in [4.69, 9.17) is 4.74 Å². The number of ether oxygens (including phenoxy) is 1. The Morgan fingerprint density at radius 1 is 1.00 bits per heavy atom. The number of aliphatic hydroxyl groups is 1. The van der Waals surface area contributed by atoms with E-state index in [1.165, 1.54) is 0 Å². The van der Waals surface area contributed by atoms with Gasteiger partial charge in [-0.2, -0.15) is 0 Å². The molecule has 8 heteroatoms. The van der Waals surface area contributed by atoms with Crippen LogP contribution in [0.15, 0.2) is 60.7 Å². The highest BCUT2D eigenvalue weighted by atomic mass is 16.6. The second kappa shape index (κ2) is 9.51. The summed E-state index contributed by atoms with van der Waals surface area (Å²) in [5, 5.41) is 13.2. The van der Waals surface area contributed by atoms with E-state index in [1.807, 2.05) is 67.6 Å². The van der Waals surface area contributed by atoms with Crippen molar-refractivity contribution < 1.29 is 19.4 Å². The Morgan fingerprint density at radius 2 is 1.60 bits per heavy atom. The molecule has 3 heterocycles. The summed E-state index contributed by atoms with van der Waals surface area (Å²) >= 11 is 0. The molecule has 3 aliphatic rings. The Labute approximate surface area is 206 Å². The maximum atomic E-state index is 13.1. The Bertz CT molecular complexity index is 996. The first-order valence-corrected chi connectivity index (χ1v) is 12.5. The second-order valence-corrected chi connectivity index (χ2v) is 10.1. The van der Waals surface area contributed by atoms with Crippen molar-refractivity contribution in [2.24, 2.45) is 0 Å². The van der Waals surface area contributed by atoms with Gasteiger partial charge >= 0.3 is 12.1 Å². The van der Waals surface area contributed by atoms with Crippen molar-refractivity contribution in [2.45, 2.75) is 37.0 Å². The summed E-state index contributed by atoms with van der Waals surface area (Å²) < 4.78 is 6.17. The number of amides is 3. The van der Waals surface area contributed by atoms with Crippen molar-refractivity contribution in [2.75, 3.05) is 45.8 Å². The molecule has 0 radical (unpaired) electrons. The van der Waals surface area contributed by atoms with E-state index >= 15 is 0 Å². The molecular weight excluding hydrogens is 444 g/mol. The molecule has 2 aromatic carbocycles. The highest BCUT2D eigenvalue weighted by Gasteiger charge is 2.58. The average molecular weight is 479 g/mol. The summed E-state index contributed by atoms with van der Waals surface area (Å²) in [5.74, 6) is 0. The SMILES string of the molecule is CC1(O)CCN(CCNC(=O)N2CCN3C(=O)OC(c4ccccc4)(c4ccccc4)C3C2)CC1. The van der Waals surface area contributed by atoms with Crippen LogP contribution in [0.2, 0.25) is 0 Å². The van der Waals surface area contributed by atoms with Crippen molar-refractivity contribution in [3.63, 3.8) is 0 Å². The zero-order valence-corrected chi connectivity index (χ0v) is 20.2. The molecule has 0 aliphatic carbocycles. The van der Waals surface area contributed by atoms with E-state index in [-0.39, 0.29) is 18.2 Å². The zero-order chi connectivity index (χ0) is 24.5. The van der Waals surface area contributed by atoms with E-state index < -0.39 is 11.2 Å². The molecule has 5 rings (SSSR count). The Hall–Kier alpha value is -3.10. The average Bonchev–Trinajstić information content (AvgIpc) is 3.18. The fourth-order valence-electron chi connectivity index (χ4n) is 5.53. The van der Waals surface area contributed by atoms with Crippen LogP contribution in [-0.4, -0.2) is 89.4 Å². The molecule has 2 N–H and O–H groups in total. The number of fused-ring (bicyclic) bond motifs is 1. The van der Waals surface area contributed by atoms with Crippen molar-refractivity contribution in [3.8, 4) is 0 Å². The minimum Gasteiger partial charge on any atom is -0.431 e. The quantitative estimate of drug-likeness (QED) is 0.690. The first kappa shape index (κ1) is 23.6. The molecule has 3 saturated heterocycles. The third-order valence-electron chi connectivity index (χ3n) is 7.66. The number of urea groups is 1. The third kappa shape index (κ3) is 4.60. The van der Waals surface area contributed by atoms with Gasteiger partial charge in [0.1, 0.15) is 6.04 Å². The Balaban J connectivity index is 1.30. The molecule has 0 bridgehead atoms. The number of benzene rings is 2. The fourth-order valence-corrected chi connectivity index (χ4v) is 5.53. The highest BCUT2D eigenvalue weighted by molar-refractivity contribution is 5.77. The van der Waals surface area contributed by atoms with Gasteiger partial charge in [0.05, 0.1) is 5.60 Å². The van der Waals surface area contributed by atoms with Crippen molar-refractivity contribution in [1.29, 1.82) is 0 Å². The molecule has 0 saturated carbocycles. The minimum atomic E-state index is -0.983. The van der Waals surface area contributed by atoms with E-state index in [9.17, 15) is 14.7 Å². The normalized spacial score (nSPS) is 23.5. The zero-order valence-electron chi connectivity index (χ0n) is 20.2. The van der Waals surface area contributed by atoms with Crippen LogP contribution in [0.4, 0.5) is 9.59 Å². The van der Waals surface area contributed by atoms with Gasteiger partial charge in [0.15, 0.2) is 5.60 Å². The standard InChI is InChI=1S/C27H34N4O4/c1-26(34)12-15-29(16-13-26)17-14-28-24(32)30-18-19-31-23(20-30)27(35-25(31)33,21-8-4-2-5-9-21)22-10-6-3-7-11-22/h2-11,23,34H,12-20H2,1H3,(H,28,32). The highest BCUT2D eigenvalue weighted by Crippen LogP contribution is 2.45. The van der Waals surface area contributed by atoms with Gasteiger partial charge in [-0.25, -0.2) is 9.59 Å². The lowest BCUT2D eigenvalue weighted by Gasteiger charge is -2.42. The number of piperidine rings is 1. The van der Waals surface area contributed by atoms with Gasteiger partial charge in [0.2, 0.25) is 0 Å². The van der Waals surface area contributed by atoms with E-state index in [0.29, 0.717) is 26.2 Å². The fraction of sp³-hybridized carbons (Fsp3) is 0.481. The number of hydrogen-bond acceptors (Lipinski definition) is 5. The molecule has 3 amide bonds. The molecule has 1 atom stereocenters. The van der Waals surface area contributed by atoms with Crippen LogP contribution < -0.4 is 5.32 Å². The topological polar surface area (TPSA) is 85.4 Å². The predicted molar refractivity (Wildman–Crippen MR) is 132 cm³/mol. The number of cyclic esters (lactones) is 1. The number of carbonyl (C=O) groups is 2. The van der Waals surface area contributed by atoms with Crippen LogP contribution >= 0.6 is 0 Å². The Kier molecular flexibility index (Phi) is 6.42. The minimum absolute atomic E-state index is 0.122. The lowest BCUT2D eigenvalue weighted by molar-refractivity contribution is -0.00490. The van der Waals surface area contributed by atoms with Gasteiger partial charge in [-0.1, -0.05) is 60.7 Å². The van der Waals surface area contributed by atoms with Crippen LogP contribution in [0.5, 0.6) is 0 Å². The summed E-state index contributed by atoms with van der Waals surface area (Å²) in [6.07, 6.45) is 1.16. The smallest absolute Gasteiger partial charge is 0.411 e. The number of nitrogens with zero attached hydrogens (tertiary/aromatic N) is 3. The van der Waals surface area contributed by atoms with E-state index in [2.05, 4.69) is 10.2 Å². The molecule has 8 nitrogen and oxygen atoms in total. The molecule has 3 aliphatic heterocycles. The van der Waals surface area contributed by atoms with Crippen molar-refractivity contribution in [1.82, 2.24) is 20.0 Å². The summed E-state index contributed by atoms with van der Waals surface area (Å²) in [4.78, 5) is 31.9. The van der Waals surface area contributed by atoms with Crippen LogP contribution in [0.3, 0.4) is 0 Å². The van der Waals surface area contributed by atoms with Crippen molar-refractivity contribution in [3.05, 3.63) is 71.8 Å². The lowest BCUT2D eigenvalue weighted by atomic mass is 9.79. The molecule has 0 spiro atoms.